The molecule has 0 aliphatic carbocycles. The van der Waals surface area contributed by atoms with E-state index in [4.69, 9.17) is 20.5 Å². The molecule has 2 amide bonds. The van der Waals surface area contributed by atoms with E-state index in [1.54, 1.807) is 18.2 Å². The first-order chi connectivity index (χ1) is 15.6. The molecule has 0 fully saturated rings. The molecule has 172 valence electrons. The summed E-state index contributed by atoms with van der Waals surface area (Å²) in [5.74, 6) is -0.681. The molecule has 0 saturated carbocycles. The molecule has 0 aromatic heterocycles. The van der Waals surface area contributed by atoms with Crippen LogP contribution < -0.4 is 14.2 Å². The Morgan fingerprint density at radius 3 is 2.58 bits per heavy atom. The summed E-state index contributed by atoms with van der Waals surface area (Å²) >= 11 is 6.86. The molecule has 0 radical (unpaired) electrons. The van der Waals surface area contributed by atoms with Crippen LogP contribution in [0.25, 0.3) is 6.08 Å². The molecule has 0 unspecified atom stereocenters. The molecule has 8 nitrogen and oxygen atoms in total. The van der Waals surface area contributed by atoms with E-state index in [1.165, 1.54) is 44.4 Å². The van der Waals surface area contributed by atoms with Crippen LogP contribution in [-0.2, 0) is 26.1 Å². The summed E-state index contributed by atoms with van der Waals surface area (Å²) in [6, 6.07) is 8.77. The number of hydrogen-bond donors (Lipinski definition) is 1. The van der Waals surface area contributed by atoms with Gasteiger partial charge in [-0.15, -0.1) is 6.58 Å². The second kappa shape index (κ2) is 10.2. The Morgan fingerprint density at radius 1 is 1.27 bits per heavy atom. The normalized spacial score (nSPS) is 14.7. The van der Waals surface area contributed by atoms with E-state index in [9.17, 15) is 18.0 Å². The molecule has 1 aliphatic heterocycles. The highest BCUT2D eigenvalue weighted by Crippen LogP contribution is 2.37. The van der Waals surface area contributed by atoms with Crippen LogP contribution >= 0.6 is 23.4 Å². The molecule has 0 spiro atoms. The highest BCUT2D eigenvalue weighted by Gasteiger charge is 2.25. The lowest BCUT2D eigenvalue weighted by Gasteiger charge is -2.15. The molecule has 11 heteroatoms. The quantitative estimate of drug-likeness (QED) is 0.344. The summed E-state index contributed by atoms with van der Waals surface area (Å²) in [7, 11) is -2.80. The van der Waals surface area contributed by atoms with Gasteiger partial charge in [0.1, 0.15) is 4.90 Å². The Labute approximate surface area is 200 Å². The van der Waals surface area contributed by atoms with Gasteiger partial charge in [0.25, 0.3) is 5.91 Å². The summed E-state index contributed by atoms with van der Waals surface area (Å²) in [5, 5.41) is 3.05. The predicted octanol–water partition coefficient (Wildman–Crippen LogP) is 3.95. The molecule has 2 aromatic rings. The number of ether oxygens (including phenoxy) is 1. The lowest BCUT2D eigenvalue weighted by Crippen LogP contribution is -2.23. The minimum absolute atomic E-state index is 0.00934. The van der Waals surface area contributed by atoms with Crippen molar-refractivity contribution in [2.45, 2.75) is 18.2 Å². The van der Waals surface area contributed by atoms with Crippen LogP contribution in [0.1, 0.15) is 18.1 Å². The van der Waals surface area contributed by atoms with E-state index >= 15 is 0 Å². The van der Waals surface area contributed by atoms with Gasteiger partial charge in [-0.3, -0.25) is 9.59 Å². The van der Waals surface area contributed by atoms with Crippen LogP contribution in [-0.4, -0.2) is 32.5 Å². The smallest absolute Gasteiger partial charge is 0.339 e. The number of amidine groups is 1. The van der Waals surface area contributed by atoms with Crippen molar-refractivity contribution in [3.05, 3.63) is 70.1 Å². The van der Waals surface area contributed by atoms with E-state index < -0.39 is 16.0 Å². The summed E-state index contributed by atoms with van der Waals surface area (Å²) in [6.07, 6.45) is 3.42. The number of nitrogens with zero attached hydrogens (tertiary/aromatic N) is 1. The van der Waals surface area contributed by atoms with Gasteiger partial charge < -0.3 is 14.2 Å². The van der Waals surface area contributed by atoms with E-state index in [2.05, 4.69) is 16.9 Å². The average molecular weight is 507 g/mol. The number of methoxy groups -OCH3 is 1. The highest BCUT2D eigenvalue weighted by molar-refractivity contribution is 8.18. The summed E-state index contributed by atoms with van der Waals surface area (Å²) < 4.78 is 36.4. The van der Waals surface area contributed by atoms with Gasteiger partial charge in [0, 0.05) is 17.5 Å². The van der Waals surface area contributed by atoms with Gasteiger partial charge in [0.05, 0.1) is 12.0 Å². The minimum Gasteiger partial charge on any atom is -0.493 e. The van der Waals surface area contributed by atoms with E-state index in [-0.39, 0.29) is 38.8 Å². The second-order valence-electron chi connectivity index (χ2n) is 6.71. The molecule has 0 saturated heterocycles. The van der Waals surface area contributed by atoms with Gasteiger partial charge in [0.15, 0.2) is 16.7 Å². The topological polar surface area (TPSA) is 111 Å². The highest BCUT2D eigenvalue weighted by atomic mass is 35.5. The monoisotopic (exact) mass is 506 g/mol. The van der Waals surface area contributed by atoms with Gasteiger partial charge in [-0.25, -0.2) is 0 Å². The summed E-state index contributed by atoms with van der Waals surface area (Å²) in [5.41, 5.74) is 1.03. The van der Waals surface area contributed by atoms with E-state index in [0.29, 0.717) is 16.1 Å². The lowest BCUT2D eigenvalue weighted by molar-refractivity contribution is -0.117. The first kappa shape index (κ1) is 24.6. The van der Waals surface area contributed by atoms with Crippen LogP contribution in [0.3, 0.4) is 0 Å². The van der Waals surface area contributed by atoms with Crippen LogP contribution in [0, 0.1) is 0 Å². The third kappa shape index (κ3) is 6.04. The Hall–Kier alpha value is -3.08. The van der Waals surface area contributed by atoms with Crippen molar-refractivity contribution < 1.29 is 26.9 Å². The van der Waals surface area contributed by atoms with Gasteiger partial charge in [0.2, 0.25) is 5.91 Å². The molecule has 1 heterocycles. The second-order valence-corrected chi connectivity index (χ2v) is 9.72. The number of thioether (sulfide) groups is 1. The zero-order chi connectivity index (χ0) is 24.2. The van der Waals surface area contributed by atoms with Crippen LogP contribution in [0.15, 0.2) is 63.8 Å². The first-order valence-electron chi connectivity index (χ1n) is 9.45. The molecule has 0 bridgehead atoms. The van der Waals surface area contributed by atoms with Crippen molar-refractivity contribution in [2.75, 3.05) is 7.11 Å². The van der Waals surface area contributed by atoms with E-state index in [1.807, 2.05) is 0 Å². The van der Waals surface area contributed by atoms with Crippen molar-refractivity contribution in [3.63, 3.8) is 0 Å². The van der Waals surface area contributed by atoms with Gasteiger partial charge in [-0.05, 0) is 66.2 Å². The third-order valence-electron chi connectivity index (χ3n) is 4.23. The largest absolute Gasteiger partial charge is 0.493 e. The van der Waals surface area contributed by atoms with E-state index in [0.717, 1.165) is 11.8 Å². The van der Waals surface area contributed by atoms with Crippen molar-refractivity contribution in [2.24, 2.45) is 4.99 Å². The number of hydrogen-bond acceptors (Lipinski definition) is 7. The Bertz CT molecular complexity index is 1280. The van der Waals surface area contributed by atoms with Crippen molar-refractivity contribution in [1.82, 2.24) is 5.32 Å². The fourth-order valence-electron chi connectivity index (χ4n) is 2.84. The standard InChI is InChI=1S/C22H19ClN2O6S2/c1-4-5-15-10-14(12-19-21(27)25-22(32-19)24-13(2)26)11-18(30-3)20(15)31-33(28,29)17-8-6-16(23)7-9-17/h4,6-12H,1,5H2,2-3H3,(H,24,25,26,27)/b19-12+. The minimum atomic E-state index is -4.17. The Balaban J connectivity index is 1.98. The van der Waals surface area contributed by atoms with Crippen molar-refractivity contribution in [3.8, 4) is 11.5 Å². The molecular formula is C22H19ClN2O6S2. The molecule has 0 atom stereocenters. The number of aliphatic imine (C=N–C) groups is 1. The van der Waals surface area contributed by atoms with Gasteiger partial charge in [-0.1, -0.05) is 17.7 Å². The number of nitrogens with one attached hydrogen (secondary N) is 1. The molecular weight excluding hydrogens is 488 g/mol. The van der Waals surface area contributed by atoms with Crippen molar-refractivity contribution in [1.29, 1.82) is 0 Å². The maximum atomic E-state index is 12.8. The SMILES string of the molecule is C=CCc1cc(/C=C2/SC(NC(C)=O)=NC2=O)cc(OC)c1OS(=O)(=O)c1ccc(Cl)cc1. The third-order valence-corrected chi connectivity index (χ3v) is 6.62. The molecule has 33 heavy (non-hydrogen) atoms. The predicted molar refractivity (Wildman–Crippen MR) is 128 cm³/mol. The number of allylic oxidation sites excluding steroid dienone is 1. The maximum absolute atomic E-state index is 12.8. The van der Waals surface area contributed by atoms with Crippen molar-refractivity contribution >= 4 is 56.5 Å². The van der Waals surface area contributed by atoms with Gasteiger partial charge in [-0.2, -0.15) is 13.4 Å². The number of rotatable bonds is 7. The fourth-order valence-corrected chi connectivity index (χ4v) is 4.80. The number of halogens is 1. The Kier molecular flexibility index (Phi) is 7.62. The number of carbonyl (C=O) groups excluding carboxylic acids is 2. The molecule has 3 rings (SSSR count). The van der Waals surface area contributed by atoms with Crippen LogP contribution in [0.2, 0.25) is 5.02 Å². The number of benzene rings is 2. The zero-order valence-electron chi connectivity index (χ0n) is 17.6. The molecule has 1 N–H and O–H groups in total. The average Bonchev–Trinajstić information content (AvgIpc) is 3.07. The summed E-state index contributed by atoms with van der Waals surface area (Å²) in [6.45, 7) is 5.02. The lowest BCUT2D eigenvalue weighted by atomic mass is 10.1. The molecule has 2 aromatic carbocycles. The maximum Gasteiger partial charge on any atom is 0.339 e. The molecule has 1 aliphatic rings. The zero-order valence-corrected chi connectivity index (χ0v) is 20.0. The van der Waals surface area contributed by atoms with Crippen LogP contribution in [0.5, 0.6) is 11.5 Å². The number of amides is 2. The first-order valence-corrected chi connectivity index (χ1v) is 12.0. The summed E-state index contributed by atoms with van der Waals surface area (Å²) in [4.78, 5) is 27.4. The van der Waals surface area contributed by atoms with Gasteiger partial charge >= 0.3 is 10.1 Å². The van der Waals surface area contributed by atoms with Crippen LogP contribution in [0.4, 0.5) is 0 Å². The fraction of sp³-hybridized carbons (Fsp3) is 0.136. The Morgan fingerprint density at radius 2 is 1.97 bits per heavy atom. The number of carbonyl (C=O) groups is 2.